The van der Waals surface area contributed by atoms with Crippen LogP contribution in [0.15, 0.2) is 24.3 Å². The SMILES string of the molecule is CC(C)(C)OC(=O)NCC#Cc1cccc2sc(C(=O)O)cc12. The van der Waals surface area contributed by atoms with Gasteiger partial charge in [-0.25, -0.2) is 9.59 Å². The van der Waals surface area contributed by atoms with Gasteiger partial charge in [0.2, 0.25) is 0 Å². The van der Waals surface area contributed by atoms with Gasteiger partial charge >= 0.3 is 12.1 Å². The number of hydrogen-bond donors (Lipinski definition) is 2. The van der Waals surface area contributed by atoms with Crippen LogP contribution in [0.25, 0.3) is 10.1 Å². The van der Waals surface area contributed by atoms with Crippen LogP contribution >= 0.6 is 11.3 Å². The van der Waals surface area contributed by atoms with Crippen LogP contribution in [0.3, 0.4) is 0 Å². The van der Waals surface area contributed by atoms with Gasteiger partial charge in [0.25, 0.3) is 0 Å². The third-order valence-corrected chi connectivity index (χ3v) is 3.80. The molecule has 0 saturated carbocycles. The first-order chi connectivity index (χ1) is 10.8. The molecule has 0 aliphatic rings. The lowest BCUT2D eigenvalue weighted by atomic mass is 10.1. The van der Waals surface area contributed by atoms with Crippen LogP contribution in [-0.4, -0.2) is 29.3 Å². The van der Waals surface area contributed by atoms with Crippen molar-refractivity contribution < 1.29 is 19.4 Å². The molecule has 5 nitrogen and oxygen atoms in total. The Morgan fingerprint density at radius 1 is 1.35 bits per heavy atom. The van der Waals surface area contributed by atoms with Crippen molar-refractivity contribution >= 4 is 33.5 Å². The second-order valence-corrected chi connectivity index (χ2v) is 6.87. The van der Waals surface area contributed by atoms with Gasteiger partial charge in [-0.2, -0.15) is 0 Å². The highest BCUT2D eigenvalue weighted by Crippen LogP contribution is 2.27. The third-order valence-electron chi connectivity index (χ3n) is 2.72. The molecule has 0 radical (unpaired) electrons. The van der Waals surface area contributed by atoms with E-state index in [4.69, 9.17) is 9.84 Å². The van der Waals surface area contributed by atoms with Gasteiger partial charge in [0.15, 0.2) is 0 Å². The second kappa shape index (κ2) is 6.71. The largest absolute Gasteiger partial charge is 0.477 e. The highest BCUT2D eigenvalue weighted by Gasteiger charge is 2.15. The Balaban J connectivity index is 2.08. The van der Waals surface area contributed by atoms with Crippen molar-refractivity contribution in [3.63, 3.8) is 0 Å². The molecule has 0 aliphatic carbocycles. The van der Waals surface area contributed by atoms with Crippen molar-refractivity contribution in [2.75, 3.05) is 6.54 Å². The maximum absolute atomic E-state index is 11.5. The van der Waals surface area contributed by atoms with Crippen molar-refractivity contribution in [3.05, 3.63) is 34.7 Å². The lowest BCUT2D eigenvalue weighted by molar-refractivity contribution is 0.0534. The number of aromatic carboxylic acids is 1. The van der Waals surface area contributed by atoms with Gasteiger partial charge in [-0.3, -0.25) is 0 Å². The van der Waals surface area contributed by atoms with Crippen molar-refractivity contribution in [2.24, 2.45) is 0 Å². The minimum atomic E-state index is -0.947. The fraction of sp³-hybridized carbons (Fsp3) is 0.294. The molecule has 1 heterocycles. The smallest absolute Gasteiger partial charge is 0.408 e. The minimum Gasteiger partial charge on any atom is -0.477 e. The lowest BCUT2D eigenvalue weighted by Crippen LogP contribution is -2.32. The molecule has 0 saturated heterocycles. The van der Waals surface area contributed by atoms with E-state index in [1.807, 2.05) is 18.2 Å². The summed E-state index contributed by atoms with van der Waals surface area (Å²) in [7, 11) is 0. The molecule has 23 heavy (non-hydrogen) atoms. The Kier molecular flexibility index (Phi) is 4.92. The van der Waals surface area contributed by atoms with Crippen molar-refractivity contribution in [2.45, 2.75) is 26.4 Å². The third kappa shape index (κ3) is 4.73. The molecule has 2 N–H and O–H groups in total. The number of carboxylic acid groups (broad SMARTS) is 1. The standard InChI is InChI=1S/C17H17NO4S/c1-17(2,3)22-16(21)18-9-5-7-11-6-4-8-13-12(11)10-14(23-13)15(19)20/h4,6,8,10H,9H2,1-3H3,(H,18,21)(H,19,20). The van der Waals surface area contributed by atoms with E-state index in [9.17, 15) is 9.59 Å². The summed E-state index contributed by atoms with van der Waals surface area (Å²) in [6.07, 6.45) is -0.520. The number of carbonyl (C=O) groups is 2. The molecule has 2 aromatic rings. The number of hydrogen-bond acceptors (Lipinski definition) is 4. The van der Waals surface area contributed by atoms with Crippen molar-refractivity contribution in [1.29, 1.82) is 0 Å². The summed E-state index contributed by atoms with van der Waals surface area (Å²) in [5.41, 5.74) is 0.185. The first-order valence-corrected chi connectivity index (χ1v) is 7.79. The maximum Gasteiger partial charge on any atom is 0.408 e. The number of benzene rings is 1. The van der Waals surface area contributed by atoms with Gasteiger partial charge in [-0.05, 0) is 39.0 Å². The fourth-order valence-electron chi connectivity index (χ4n) is 1.85. The number of nitrogens with one attached hydrogen (secondary N) is 1. The van der Waals surface area contributed by atoms with Crippen molar-refractivity contribution in [3.8, 4) is 11.8 Å². The Hall–Kier alpha value is -2.52. The molecule has 2 rings (SSSR count). The summed E-state index contributed by atoms with van der Waals surface area (Å²) < 4.78 is 5.98. The summed E-state index contributed by atoms with van der Waals surface area (Å²) in [6, 6.07) is 7.13. The molecule has 1 aromatic carbocycles. The van der Waals surface area contributed by atoms with Gasteiger partial charge in [0.05, 0.1) is 6.54 Å². The minimum absolute atomic E-state index is 0.154. The zero-order valence-electron chi connectivity index (χ0n) is 13.1. The normalized spacial score (nSPS) is 10.7. The Morgan fingerprint density at radius 3 is 2.74 bits per heavy atom. The van der Waals surface area contributed by atoms with Gasteiger partial charge in [-0.15, -0.1) is 11.3 Å². The average molecular weight is 331 g/mol. The van der Waals surface area contributed by atoms with Gasteiger partial charge in [0.1, 0.15) is 10.5 Å². The van der Waals surface area contributed by atoms with Crippen LogP contribution in [0.2, 0.25) is 0 Å². The van der Waals surface area contributed by atoms with Crippen LogP contribution in [0.5, 0.6) is 0 Å². The highest BCUT2D eigenvalue weighted by molar-refractivity contribution is 7.20. The zero-order valence-corrected chi connectivity index (χ0v) is 13.9. The van der Waals surface area contributed by atoms with E-state index in [2.05, 4.69) is 17.2 Å². The fourth-order valence-corrected chi connectivity index (χ4v) is 2.77. The quantitative estimate of drug-likeness (QED) is 0.826. The molecule has 0 aliphatic heterocycles. The second-order valence-electron chi connectivity index (χ2n) is 5.79. The van der Waals surface area contributed by atoms with Gasteiger partial charge in [-0.1, -0.05) is 17.9 Å². The molecular weight excluding hydrogens is 314 g/mol. The van der Waals surface area contributed by atoms with Crippen LogP contribution in [0.4, 0.5) is 4.79 Å². The molecule has 0 spiro atoms. The van der Waals surface area contributed by atoms with Gasteiger partial charge < -0.3 is 15.2 Å². The molecule has 0 atom stereocenters. The molecular formula is C17H17NO4S. The average Bonchev–Trinajstić information content (AvgIpc) is 2.86. The van der Waals surface area contributed by atoms with E-state index < -0.39 is 17.7 Å². The summed E-state index contributed by atoms with van der Waals surface area (Å²) in [6.45, 7) is 5.52. The van der Waals surface area contributed by atoms with Crippen LogP contribution in [-0.2, 0) is 4.74 Å². The Labute approximate surface area is 138 Å². The van der Waals surface area contributed by atoms with Crippen LogP contribution < -0.4 is 5.32 Å². The molecule has 0 bridgehead atoms. The van der Waals surface area contributed by atoms with Gasteiger partial charge in [0, 0.05) is 15.6 Å². The van der Waals surface area contributed by atoms with Crippen molar-refractivity contribution in [1.82, 2.24) is 5.32 Å². The summed E-state index contributed by atoms with van der Waals surface area (Å²) in [5.74, 6) is 4.85. The Bertz CT molecular complexity index is 805. The first kappa shape index (κ1) is 16.8. The zero-order chi connectivity index (χ0) is 17.0. The van der Waals surface area contributed by atoms with Crippen LogP contribution in [0, 0.1) is 11.8 Å². The topological polar surface area (TPSA) is 75.6 Å². The molecule has 1 aromatic heterocycles. The van der Waals surface area contributed by atoms with E-state index in [0.717, 1.165) is 15.6 Å². The Morgan fingerprint density at radius 2 is 2.09 bits per heavy atom. The number of thiophene rings is 1. The number of carboxylic acids is 1. The number of fused-ring (bicyclic) bond motifs is 1. The predicted molar refractivity (Wildman–Crippen MR) is 89.9 cm³/mol. The van der Waals surface area contributed by atoms with Crippen LogP contribution in [0.1, 0.15) is 36.0 Å². The molecule has 0 fully saturated rings. The van der Waals surface area contributed by atoms with E-state index in [-0.39, 0.29) is 11.4 Å². The molecule has 6 heteroatoms. The molecule has 1 amide bonds. The maximum atomic E-state index is 11.5. The van der Waals surface area contributed by atoms with E-state index in [0.29, 0.717) is 0 Å². The molecule has 0 unspecified atom stereocenters. The van der Waals surface area contributed by atoms with E-state index in [1.165, 1.54) is 11.3 Å². The monoisotopic (exact) mass is 331 g/mol. The number of carbonyl (C=O) groups excluding carboxylic acids is 1. The van der Waals surface area contributed by atoms with E-state index in [1.54, 1.807) is 26.8 Å². The van der Waals surface area contributed by atoms with E-state index >= 15 is 0 Å². The number of amides is 1. The number of alkyl carbamates (subject to hydrolysis) is 1. The summed E-state index contributed by atoms with van der Waals surface area (Å²) in [4.78, 5) is 22.8. The summed E-state index contributed by atoms with van der Waals surface area (Å²) in [5, 5.41) is 12.4. The first-order valence-electron chi connectivity index (χ1n) is 6.98. The molecule has 120 valence electrons. The number of ether oxygens (including phenoxy) is 1. The highest BCUT2D eigenvalue weighted by atomic mass is 32.1. The summed E-state index contributed by atoms with van der Waals surface area (Å²) >= 11 is 1.21. The predicted octanol–water partition coefficient (Wildman–Crippen LogP) is 3.48. The number of rotatable bonds is 2. The lowest BCUT2D eigenvalue weighted by Gasteiger charge is -2.18.